The van der Waals surface area contributed by atoms with Crippen molar-refractivity contribution in [2.24, 2.45) is 0 Å². The Hall–Kier alpha value is -3.00. The van der Waals surface area contributed by atoms with Crippen LogP contribution in [-0.4, -0.2) is 48.5 Å². The molecule has 2 heterocycles. The highest BCUT2D eigenvalue weighted by atomic mass is 32.1. The van der Waals surface area contributed by atoms with Gasteiger partial charge in [0.1, 0.15) is 16.5 Å². The van der Waals surface area contributed by atoms with Crippen molar-refractivity contribution in [1.82, 2.24) is 20.6 Å². The Kier molecular flexibility index (Phi) is 6.77. The number of hydrogen-bond acceptors (Lipinski definition) is 6. The topological polar surface area (TPSA) is 87.2 Å². The Morgan fingerprint density at radius 2 is 1.83 bits per heavy atom. The van der Waals surface area contributed by atoms with Crippen molar-refractivity contribution in [2.75, 3.05) is 31.6 Å². The summed E-state index contributed by atoms with van der Waals surface area (Å²) in [6.07, 6.45) is 0.344. The van der Waals surface area contributed by atoms with Crippen molar-refractivity contribution in [3.63, 3.8) is 0 Å². The number of rotatable bonds is 8. The van der Waals surface area contributed by atoms with Crippen molar-refractivity contribution in [2.45, 2.75) is 20.3 Å². The van der Waals surface area contributed by atoms with Crippen molar-refractivity contribution >= 4 is 39.2 Å². The maximum Gasteiger partial charge on any atom is 0.221 e. The predicted molar refractivity (Wildman–Crippen MR) is 117 cm³/mol. The molecule has 0 spiro atoms. The maximum atomic E-state index is 12.1. The van der Waals surface area contributed by atoms with Gasteiger partial charge >= 0.3 is 0 Å². The van der Waals surface area contributed by atoms with Crippen LogP contribution in [-0.2, 0) is 9.59 Å². The SMILES string of the molecule is CC(=O)NCCNC(=O)CCN(C)c1nc(C)nc2sc(-c3ccccc3)cc12. The first-order chi connectivity index (χ1) is 13.9. The fourth-order valence-corrected chi connectivity index (χ4v) is 4.03. The number of carbonyl (C=O) groups excluding carboxylic acids is 2. The molecule has 0 fully saturated rings. The molecule has 0 radical (unpaired) electrons. The summed E-state index contributed by atoms with van der Waals surface area (Å²) in [4.78, 5) is 36.2. The molecular weight excluding hydrogens is 386 g/mol. The van der Waals surface area contributed by atoms with Gasteiger partial charge in [0.25, 0.3) is 0 Å². The van der Waals surface area contributed by atoms with E-state index in [9.17, 15) is 9.59 Å². The summed E-state index contributed by atoms with van der Waals surface area (Å²) in [6, 6.07) is 12.3. The van der Waals surface area contributed by atoms with Crippen LogP contribution < -0.4 is 15.5 Å². The van der Waals surface area contributed by atoms with E-state index in [1.54, 1.807) is 11.3 Å². The second kappa shape index (κ2) is 9.47. The van der Waals surface area contributed by atoms with Crippen LogP contribution in [0, 0.1) is 6.92 Å². The molecule has 0 saturated carbocycles. The lowest BCUT2D eigenvalue weighted by Gasteiger charge is -2.19. The largest absolute Gasteiger partial charge is 0.359 e. The van der Waals surface area contributed by atoms with Crippen LogP contribution in [0.25, 0.3) is 20.7 Å². The van der Waals surface area contributed by atoms with Crippen molar-refractivity contribution in [1.29, 1.82) is 0 Å². The molecule has 7 nitrogen and oxygen atoms in total. The summed E-state index contributed by atoms with van der Waals surface area (Å²) in [7, 11) is 1.94. The van der Waals surface area contributed by atoms with E-state index in [4.69, 9.17) is 0 Å². The first kappa shape index (κ1) is 20.7. The quantitative estimate of drug-likeness (QED) is 0.557. The van der Waals surface area contributed by atoms with E-state index >= 15 is 0 Å². The lowest BCUT2D eigenvalue weighted by atomic mass is 10.2. The van der Waals surface area contributed by atoms with Gasteiger partial charge in [-0.2, -0.15) is 0 Å². The molecule has 0 atom stereocenters. The number of aryl methyl sites for hydroxylation is 1. The minimum atomic E-state index is -0.104. The van der Waals surface area contributed by atoms with Crippen LogP contribution in [0.5, 0.6) is 0 Å². The first-order valence-corrected chi connectivity index (χ1v) is 10.3. The van der Waals surface area contributed by atoms with Crippen LogP contribution in [0.3, 0.4) is 0 Å². The zero-order valence-corrected chi connectivity index (χ0v) is 17.7. The van der Waals surface area contributed by atoms with Crippen molar-refractivity contribution < 1.29 is 9.59 Å². The maximum absolute atomic E-state index is 12.1. The number of aromatic nitrogens is 2. The minimum Gasteiger partial charge on any atom is -0.359 e. The number of carbonyl (C=O) groups is 2. The Morgan fingerprint density at radius 1 is 1.10 bits per heavy atom. The van der Waals surface area contributed by atoms with Crippen LogP contribution in [0.15, 0.2) is 36.4 Å². The zero-order valence-electron chi connectivity index (χ0n) is 16.9. The monoisotopic (exact) mass is 411 g/mol. The van der Waals surface area contributed by atoms with E-state index in [0.717, 1.165) is 26.5 Å². The lowest BCUT2D eigenvalue weighted by molar-refractivity contribution is -0.122. The van der Waals surface area contributed by atoms with Gasteiger partial charge in [-0.25, -0.2) is 9.97 Å². The predicted octanol–water partition coefficient (Wildman–Crippen LogP) is 2.75. The number of benzene rings is 1. The fourth-order valence-electron chi connectivity index (χ4n) is 2.95. The Morgan fingerprint density at radius 3 is 2.55 bits per heavy atom. The van der Waals surface area contributed by atoms with Gasteiger partial charge in [0, 0.05) is 44.9 Å². The molecule has 0 saturated heterocycles. The second-order valence-corrected chi connectivity index (χ2v) is 7.83. The molecule has 3 rings (SSSR count). The number of thiophene rings is 1. The number of anilines is 1. The molecule has 1 aromatic carbocycles. The third kappa shape index (κ3) is 5.51. The van der Waals surface area contributed by atoms with Gasteiger partial charge in [-0.05, 0) is 18.6 Å². The molecule has 8 heteroatoms. The smallest absolute Gasteiger partial charge is 0.221 e. The molecule has 152 valence electrons. The number of hydrogen-bond donors (Lipinski definition) is 2. The van der Waals surface area contributed by atoms with E-state index < -0.39 is 0 Å². The summed E-state index contributed by atoms with van der Waals surface area (Å²) >= 11 is 1.64. The van der Waals surface area contributed by atoms with Crippen LogP contribution in [0.2, 0.25) is 0 Å². The van der Waals surface area contributed by atoms with Gasteiger partial charge in [0.15, 0.2) is 0 Å². The highest BCUT2D eigenvalue weighted by Gasteiger charge is 2.15. The van der Waals surface area contributed by atoms with Gasteiger partial charge in [0.2, 0.25) is 11.8 Å². The molecule has 2 amide bonds. The fraction of sp³-hybridized carbons (Fsp3) is 0.333. The summed E-state index contributed by atoms with van der Waals surface area (Å²) < 4.78 is 0. The van der Waals surface area contributed by atoms with E-state index in [0.29, 0.717) is 31.9 Å². The molecule has 2 N–H and O–H groups in total. The average Bonchev–Trinajstić information content (AvgIpc) is 3.13. The number of amides is 2. The third-order valence-corrected chi connectivity index (χ3v) is 5.48. The minimum absolute atomic E-state index is 0.0560. The van der Waals surface area contributed by atoms with E-state index in [2.05, 4.69) is 38.8 Å². The molecule has 0 unspecified atom stereocenters. The second-order valence-electron chi connectivity index (χ2n) is 6.79. The van der Waals surface area contributed by atoms with Crippen LogP contribution in [0.4, 0.5) is 5.82 Å². The summed E-state index contributed by atoms with van der Waals surface area (Å²) in [6.45, 7) is 4.72. The molecule has 0 aliphatic carbocycles. The summed E-state index contributed by atoms with van der Waals surface area (Å²) in [5, 5.41) is 6.46. The van der Waals surface area contributed by atoms with Crippen molar-refractivity contribution in [3.05, 3.63) is 42.2 Å². The normalized spacial score (nSPS) is 10.7. The van der Waals surface area contributed by atoms with Crippen molar-refractivity contribution in [3.8, 4) is 10.4 Å². The summed E-state index contributed by atoms with van der Waals surface area (Å²) in [5.41, 5.74) is 1.15. The van der Waals surface area contributed by atoms with E-state index in [1.165, 1.54) is 6.92 Å². The van der Waals surface area contributed by atoms with Gasteiger partial charge in [-0.1, -0.05) is 30.3 Å². The number of nitrogens with zero attached hydrogens (tertiary/aromatic N) is 3. The molecule has 0 aliphatic rings. The van der Waals surface area contributed by atoms with Crippen LogP contribution in [0.1, 0.15) is 19.2 Å². The Bertz CT molecular complexity index is 1000. The molecule has 0 aliphatic heterocycles. The highest BCUT2D eigenvalue weighted by molar-refractivity contribution is 7.21. The van der Waals surface area contributed by atoms with Gasteiger partial charge in [-0.3, -0.25) is 9.59 Å². The van der Waals surface area contributed by atoms with Gasteiger partial charge < -0.3 is 15.5 Å². The number of nitrogens with one attached hydrogen (secondary N) is 2. The Balaban J connectivity index is 1.69. The molecule has 3 aromatic rings. The highest BCUT2D eigenvalue weighted by Crippen LogP contribution is 2.36. The molecular formula is C21H25N5O2S. The standard InChI is InChI=1S/C21H25N5O2S/c1-14-24-20(26(3)12-9-19(28)23-11-10-22-15(2)27)17-13-18(29-21(17)25-14)16-7-5-4-6-8-16/h4-8,13H,9-12H2,1-3H3,(H,22,27)(H,23,28). The molecule has 2 aromatic heterocycles. The van der Waals surface area contributed by atoms with E-state index in [-0.39, 0.29) is 11.8 Å². The molecule has 29 heavy (non-hydrogen) atoms. The first-order valence-electron chi connectivity index (χ1n) is 9.50. The van der Waals surface area contributed by atoms with Gasteiger partial charge in [0.05, 0.1) is 5.39 Å². The van der Waals surface area contributed by atoms with E-state index in [1.807, 2.05) is 37.1 Å². The number of fused-ring (bicyclic) bond motifs is 1. The lowest BCUT2D eigenvalue weighted by Crippen LogP contribution is -2.35. The van der Waals surface area contributed by atoms with Gasteiger partial charge in [-0.15, -0.1) is 11.3 Å². The van der Waals surface area contributed by atoms with Crippen LogP contribution >= 0.6 is 11.3 Å². The Labute approximate surface area is 174 Å². The zero-order chi connectivity index (χ0) is 20.8. The summed E-state index contributed by atoms with van der Waals surface area (Å²) in [5.74, 6) is 1.38. The molecule has 0 bridgehead atoms. The third-order valence-electron chi connectivity index (χ3n) is 4.40. The average molecular weight is 412 g/mol.